The van der Waals surface area contributed by atoms with Crippen molar-refractivity contribution in [2.45, 2.75) is 39.0 Å². The molecule has 1 fully saturated rings. The maximum absolute atomic E-state index is 10.8. The predicted molar refractivity (Wildman–Crippen MR) is 46.6 cm³/mol. The van der Waals surface area contributed by atoms with Crippen LogP contribution in [0.4, 0.5) is 0 Å². The predicted octanol–water partition coefficient (Wildman–Crippen LogP) is 2.97. The summed E-state index contributed by atoms with van der Waals surface area (Å²) in [6, 6.07) is 0. The van der Waals surface area contributed by atoms with Crippen molar-refractivity contribution < 1.29 is 4.79 Å². The zero-order valence-corrected chi connectivity index (χ0v) is 7.73. The minimum atomic E-state index is -0.125. The number of carbonyl (C=O) groups excluding carboxylic acids is 1. The minimum absolute atomic E-state index is 0.125. The number of halogens is 1. The molecule has 2 heteroatoms. The molecule has 0 aromatic carbocycles. The van der Waals surface area contributed by atoms with Gasteiger partial charge in [-0.2, -0.15) is 0 Å². The van der Waals surface area contributed by atoms with Crippen LogP contribution in [0.5, 0.6) is 0 Å². The smallest absolute Gasteiger partial charge is 0.224 e. The van der Waals surface area contributed by atoms with Crippen LogP contribution in [-0.4, -0.2) is 5.24 Å². The first-order valence-corrected chi connectivity index (χ1v) is 4.81. The first-order valence-electron chi connectivity index (χ1n) is 4.43. The maximum atomic E-state index is 10.8. The molecule has 1 aliphatic carbocycles. The molecule has 1 nitrogen and oxygen atoms in total. The molecule has 0 atom stereocenters. The summed E-state index contributed by atoms with van der Waals surface area (Å²) in [7, 11) is 0. The highest BCUT2D eigenvalue weighted by atomic mass is 35.5. The van der Waals surface area contributed by atoms with E-state index in [-0.39, 0.29) is 11.2 Å². The Morgan fingerprint density at radius 2 is 1.91 bits per heavy atom. The van der Waals surface area contributed by atoms with Gasteiger partial charge in [-0.3, -0.25) is 4.79 Å². The Bertz CT molecular complexity index is 136. The van der Waals surface area contributed by atoms with Crippen molar-refractivity contribution in [3.63, 3.8) is 0 Å². The zero-order chi connectivity index (χ0) is 8.27. The normalized spacial score (nSPS) is 31.8. The summed E-state index contributed by atoms with van der Waals surface area (Å²) in [5.41, 5.74) is 0. The van der Waals surface area contributed by atoms with Gasteiger partial charge in [0.2, 0.25) is 5.24 Å². The molecule has 0 spiro atoms. The maximum Gasteiger partial charge on any atom is 0.224 e. The van der Waals surface area contributed by atoms with Crippen molar-refractivity contribution in [1.82, 2.24) is 0 Å². The molecular weight excluding hydrogens is 160 g/mol. The first-order chi connectivity index (χ1) is 5.24. The van der Waals surface area contributed by atoms with Crippen LogP contribution in [0.25, 0.3) is 0 Å². The standard InChI is InChI=1S/C9H15ClO/c1-2-7-3-5-8(6-4-7)9(10)11/h7-8H,2-6H2,1H3. The number of hydrogen-bond donors (Lipinski definition) is 0. The average Bonchev–Trinajstić information content (AvgIpc) is 2.05. The lowest BCUT2D eigenvalue weighted by atomic mass is 9.81. The summed E-state index contributed by atoms with van der Waals surface area (Å²) in [6.45, 7) is 2.22. The van der Waals surface area contributed by atoms with Gasteiger partial charge in [-0.25, -0.2) is 0 Å². The van der Waals surface area contributed by atoms with Crippen LogP contribution in [0.1, 0.15) is 39.0 Å². The third kappa shape index (κ3) is 2.48. The second-order valence-corrected chi connectivity index (χ2v) is 3.80. The van der Waals surface area contributed by atoms with E-state index in [0.717, 1.165) is 18.8 Å². The van der Waals surface area contributed by atoms with E-state index >= 15 is 0 Å². The second kappa shape index (κ2) is 4.10. The van der Waals surface area contributed by atoms with Gasteiger partial charge in [0, 0.05) is 5.92 Å². The summed E-state index contributed by atoms with van der Waals surface area (Å²) >= 11 is 5.41. The van der Waals surface area contributed by atoms with Gasteiger partial charge < -0.3 is 0 Å². The molecule has 0 aliphatic heterocycles. The highest BCUT2D eigenvalue weighted by Gasteiger charge is 2.23. The number of carbonyl (C=O) groups is 1. The van der Waals surface area contributed by atoms with Crippen molar-refractivity contribution in [3.8, 4) is 0 Å². The van der Waals surface area contributed by atoms with Crippen LogP contribution < -0.4 is 0 Å². The van der Waals surface area contributed by atoms with Crippen LogP contribution in [0.15, 0.2) is 0 Å². The third-order valence-electron chi connectivity index (χ3n) is 2.75. The van der Waals surface area contributed by atoms with E-state index in [1.54, 1.807) is 0 Å². The fourth-order valence-electron chi connectivity index (χ4n) is 1.80. The lowest BCUT2D eigenvalue weighted by Gasteiger charge is -2.24. The second-order valence-electron chi connectivity index (χ2n) is 3.43. The lowest BCUT2D eigenvalue weighted by molar-refractivity contribution is -0.116. The van der Waals surface area contributed by atoms with Crippen molar-refractivity contribution in [2.75, 3.05) is 0 Å². The monoisotopic (exact) mass is 174 g/mol. The Labute approximate surface area is 73.1 Å². The molecule has 0 amide bonds. The fourth-order valence-corrected chi connectivity index (χ4v) is 2.02. The molecule has 0 saturated heterocycles. The van der Waals surface area contributed by atoms with E-state index < -0.39 is 0 Å². The van der Waals surface area contributed by atoms with Crippen molar-refractivity contribution in [3.05, 3.63) is 0 Å². The highest BCUT2D eigenvalue weighted by Crippen LogP contribution is 2.31. The van der Waals surface area contributed by atoms with E-state index in [1.807, 2.05) is 0 Å². The molecule has 0 radical (unpaired) electrons. The topological polar surface area (TPSA) is 17.1 Å². The third-order valence-corrected chi connectivity index (χ3v) is 3.05. The Morgan fingerprint density at radius 1 is 1.36 bits per heavy atom. The van der Waals surface area contributed by atoms with E-state index in [2.05, 4.69) is 6.92 Å². The van der Waals surface area contributed by atoms with Crippen LogP contribution in [-0.2, 0) is 4.79 Å². The molecule has 1 saturated carbocycles. The van der Waals surface area contributed by atoms with Gasteiger partial charge in [-0.15, -0.1) is 0 Å². The molecule has 1 rings (SSSR count). The van der Waals surface area contributed by atoms with Gasteiger partial charge in [0.25, 0.3) is 0 Å². The Morgan fingerprint density at radius 3 is 2.27 bits per heavy atom. The summed E-state index contributed by atoms with van der Waals surface area (Å²) in [4.78, 5) is 10.8. The summed E-state index contributed by atoms with van der Waals surface area (Å²) in [5.74, 6) is 1.02. The Hall–Kier alpha value is -0.0400. The molecule has 1 aliphatic rings. The van der Waals surface area contributed by atoms with Crippen LogP contribution in [0.2, 0.25) is 0 Å². The van der Waals surface area contributed by atoms with E-state index in [9.17, 15) is 4.79 Å². The molecule has 0 N–H and O–H groups in total. The quantitative estimate of drug-likeness (QED) is 0.589. The van der Waals surface area contributed by atoms with E-state index in [1.165, 1.54) is 19.3 Å². The number of rotatable bonds is 2. The first kappa shape index (κ1) is 9.05. The Balaban J connectivity index is 2.30. The van der Waals surface area contributed by atoms with Gasteiger partial charge in [0.1, 0.15) is 0 Å². The molecule has 0 aromatic heterocycles. The van der Waals surface area contributed by atoms with Crippen LogP contribution in [0, 0.1) is 11.8 Å². The summed E-state index contributed by atoms with van der Waals surface area (Å²) < 4.78 is 0. The van der Waals surface area contributed by atoms with Gasteiger partial charge in [0.15, 0.2) is 0 Å². The van der Waals surface area contributed by atoms with Gasteiger partial charge in [0.05, 0.1) is 0 Å². The molecular formula is C9H15ClO. The molecule has 0 aromatic rings. The fraction of sp³-hybridized carbons (Fsp3) is 0.889. The van der Waals surface area contributed by atoms with Crippen LogP contribution >= 0.6 is 11.6 Å². The zero-order valence-electron chi connectivity index (χ0n) is 6.98. The molecule has 0 unspecified atom stereocenters. The average molecular weight is 175 g/mol. The van der Waals surface area contributed by atoms with Crippen molar-refractivity contribution in [2.24, 2.45) is 11.8 Å². The van der Waals surface area contributed by atoms with Crippen molar-refractivity contribution >= 4 is 16.8 Å². The van der Waals surface area contributed by atoms with Crippen LogP contribution in [0.3, 0.4) is 0 Å². The summed E-state index contributed by atoms with van der Waals surface area (Å²) in [6.07, 6.45) is 5.67. The van der Waals surface area contributed by atoms with Gasteiger partial charge in [-0.1, -0.05) is 13.3 Å². The largest absolute Gasteiger partial charge is 0.281 e. The SMILES string of the molecule is CCC1CCC(C(=O)Cl)CC1. The number of hydrogen-bond acceptors (Lipinski definition) is 1. The Kier molecular flexibility index (Phi) is 3.38. The van der Waals surface area contributed by atoms with Gasteiger partial charge in [-0.05, 0) is 43.2 Å². The van der Waals surface area contributed by atoms with Gasteiger partial charge >= 0.3 is 0 Å². The minimum Gasteiger partial charge on any atom is -0.281 e. The molecule has 0 heterocycles. The molecule has 11 heavy (non-hydrogen) atoms. The molecule has 0 bridgehead atoms. The highest BCUT2D eigenvalue weighted by molar-refractivity contribution is 6.63. The summed E-state index contributed by atoms with van der Waals surface area (Å²) in [5, 5.41) is -0.125. The lowest BCUT2D eigenvalue weighted by Crippen LogP contribution is -2.18. The van der Waals surface area contributed by atoms with E-state index in [0.29, 0.717) is 0 Å². The van der Waals surface area contributed by atoms with E-state index in [4.69, 9.17) is 11.6 Å². The van der Waals surface area contributed by atoms with Crippen molar-refractivity contribution in [1.29, 1.82) is 0 Å². The molecule has 64 valence electrons.